The van der Waals surface area contributed by atoms with Crippen LogP contribution in [0.4, 0.5) is 27.0 Å². The third-order valence-corrected chi connectivity index (χ3v) is 16.6. The number of anilines is 3. The highest BCUT2D eigenvalue weighted by Crippen LogP contribution is 2.54. The van der Waals surface area contributed by atoms with Gasteiger partial charge in [-0.3, -0.25) is 61.5 Å². The summed E-state index contributed by atoms with van der Waals surface area (Å²) in [6.07, 6.45) is -6.22. The minimum absolute atomic E-state index is 0.0809. The lowest BCUT2D eigenvalue weighted by molar-refractivity contribution is -0.131. The van der Waals surface area contributed by atoms with Crippen molar-refractivity contribution < 1.29 is 90.2 Å². The molecule has 2 bridgehead atoms. The Balaban J connectivity index is 0.797. The normalized spacial score (nSPS) is 26.2. The summed E-state index contributed by atoms with van der Waals surface area (Å²) in [5.41, 5.74) is 11.1. The molecule has 8 heterocycles. The van der Waals surface area contributed by atoms with E-state index in [9.17, 15) is 62.7 Å². The summed E-state index contributed by atoms with van der Waals surface area (Å²) in [7, 11) is -10.5. The number of nitrogens with zero attached hydrogens (tertiary/aromatic N) is 8. The molecule has 6 amide bonds. The van der Waals surface area contributed by atoms with E-state index in [2.05, 4.69) is 57.7 Å². The van der Waals surface area contributed by atoms with E-state index in [1.807, 2.05) is 0 Å². The van der Waals surface area contributed by atoms with Crippen molar-refractivity contribution in [1.82, 2.24) is 54.6 Å². The maximum atomic E-state index is 13.8. The molecule has 13 N–H and O–H groups in total. The highest BCUT2D eigenvalue weighted by Gasteiger charge is 2.54. The van der Waals surface area contributed by atoms with Gasteiger partial charge in [-0.1, -0.05) is 39.0 Å². The molecule has 0 aliphatic carbocycles. The first kappa shape index (κ1) is 64.6. The summed E-state index contributed by atoms with van der Waals surface area (Å²) in [4.78, 5) is 136. The van der Waals surface area contributed by atoms with E-state index in [1.165, 1.54) is 6.08 Å². The smallest absolute Gasteiger partial charge is 0.444 e. The van der Waals surface area contributed by atoms with Crippen LogP contribution in [0.5, 0.6) is 0 Å². The van der Waals surface area contributed by atoms with Crippen molar-refractivity contribution in [3.05, 3.63) is 83.6 Å². The van der Waals surface area contributed by atoms with E-state index in [4.69, 9.17) is 43.8 Å². The van der Waals surface area contributed by atoms with Gasteiger partial charge < -0.3 is 66.5 Å². The third-order valence-electron chi connectivity index (χ3n) is 14.6. The predicted molar refractivity (Wildman–Crippen MR) is 303 cm³/mol. The zero-order chi connectivity index (χ0) is 63.2. The Morgan fingerprint density at radius 1 is 0.841 bits per heavy atom. The van der Waals surface area contributed by atoms with Crippen molar-refractivity contribution in [2.75, 3.05) is 42.7 Å². The fourth-order valence-electron chi connectivity index (χ4n) is 10.2. The largest absolute Gasteiger partial charge is 0.472 e. The Bertz CT molecular complexity index is 3620. The summed E-state index contributed by atoms with van der Waals surface area (Å²) in [5, 5.41) is 33.3. The second-order valence-electron chi connectivity index (χ2n) is 21.2. The van der Waals surface area contributed by atoms with Gasteiger partial charge in [-0.05, 0) is 55.4 Å². The lowest BCUT2D eigenvalue weighted by Gasteiger charge is -2.25. The number of primary amides is 1. The minimum atomic E-state index is -5.30. The molecule has 88 heavy (non-hydrogen) atoms. The highest BCUT2D eigenvalue weighted by molar-refractivity contribution is 7.47. The quantitative estimate of drug-likeness (QED) is 0.0344. The summed E-state index contributed by atoms with van der Waals surface area (Å²) in [6, 6.07) is 4.59. The van der Waals surface area contributed by atoms with E-state index < -0.39 is 113 Å². The molecule has 35 nitrogen and oxygen atoms in total. The van der Waals surface area contributed by atoms with E-state index >= 15 is 0 Å². The van der Waals surface area contributed by atoms with Gasteiger partial charge in [0.15, 0.2) is 46.4 Å². The molecule has 5 unspecified atom stereocenters. The maximum Gasteiger partial charge on any atom is 0.472 e. The summed E-state index contributed by atoms with van der Waals surface area (Å²) in [6.45, 7) is 5.86. The number of carbonyl (C=O) groups excluding carboxylic acids is 6. The van der Waals surface area contributed by atoms with Crippen LogP contribution in [-0.2, 0) is 67.2 Å². The zero-order valence-corrected chi connectivity index (χ0v) is 49.0. The molecule has 9 rings (SSSR count). The number of aliphatic hydroxyl groups is 2. The van der Waals surface area contributed by atoms with Crippen LogP contribution in [0.3, 0.4) is 0 Å². The van der Waals surface area contributed by atoms with Crippen molar-refractivity contribution in [2.24, 2.45) is 17.6 Å². The molecule has 3 saturated heterocycles. The number of ketones is 1. The van der Waals surface area contributed by atoms with E-state index in [-0.39, 0.29) is 90.0 Å². The van der Waals surface area contributed by atoms with Crippen LogP contribution in [0.2, 0.25) is 0 Å². The molecule has 4 aromatic heterocycles. The number of urea groups is 1. The summed E-state index contributed by atoms with van der Waals surface area (Å²) < 4.78 is 67.9. The van der Waals surface area contributed by atoms with Crippen LogP contribution >= 0.6 is 15.6 Å². The lowest BCUT2D eigenvalue weighted by Crippen LogP contribution is -2.45. The van der Waals surface area contributed by atoms with Crippen LogP contribution in [-0.4, -0.2) is 169 Å². The van der Waals surface area contributed by atoms with Gasteiger partial charge in [0, 0.05) is 49.3 Å². The number of rotatable bonds is 22. The van der Waals surface area contributed by atoms with Crippen molar-refractivity contribution >= 4 is 91.1 Å². The number of phosphoric acid groups is 2. The number of aromatic amines is 1. The first-order valence-corrected chi connectivity index (χ1v) is 30.6. The molecule has 3 fully saturated rings. The number of allylic oxidation sites excluding steroid dienone is 1. The number of fused-ring (bicyclic) bond motifs is 5. The number of ether oxygens (including phenoxy) is 3. The monoisotopic (exact) mass is 1270 g/mol. The Morgan fingerprint density at radius 2 is 1.52 bits per heavy atom. The Hall–Kier alpha value is -7.92. The number of phosphoric ester groups is 2. The number of hydrogen-bond acceptors (Lipinski definition) is 24. The molecule has 0 saturated carbocycles. The zero-order valence-electron chi connectivity index (χ0n) is 47.2. The average molecular weight is 1270 g/mol. The number of unbranched alkanes of at least 4 members (excludes halogenated alkanes) is 2. The molecule has 474 valence electrons. The summed E-state index contributed by atoms with van der Waals surface area (Å²) >= 11 is 0. The topological polar surface area (TPSA) is 493 Å². The van der Waals surface area contributed by atoms with Crippen molar-refractivity contribution in [1.29, 1.82) is 0 Å². The number of aromatic nitrogens is 8. The molecule has 5 aromatic rings. The Morgan fingerprint density at radius 3 is 2.22 bits per heavy atom. The number of aliphatic hydroxyl groups excluding tert-OH is 2. The van der Waals surface area contributed by atoms with Crippen molar-refractivity contribution in [3.63, 3.8) is 0 Å². The highest BCUT2D eigenvalue weighted by atomic mass is 31.2. The standard InChI is InChI=1S/C51H65N15O20P2/c1-25(2)35(60-33(68)9-5-4-6-17-64-26(3)10-15-34(64)69)30(67)18-28(8-7-16-54-50(53)74)45(72)59-29-13-11-27(12-14-29)19-80-51(75)61-42-36-43(56-22-55-42)65(23-57-36)48-41-38(70)31(83-48)20-81-87(76,77)85-40-32(21-82-88(78,79)86-41)84-47(39(40)71)66-24-58-37-44(66)62-49(52)63-46(37)73/h10-15,22-25,28,31-32,35,38-41,47-48,70-71H,3-9,16-21H2,1-2H3,(H,59,72)(H,60,68)(H,76,77)(H,78,79)(H3,53,54,74)(H3,52,62,63,73)(H,55,56,61,75)/t28-,31-,32-,35?,38?,39+,40?,41+,47-,48-/m1/s1. The Labute approximate surface area is 498 Å². The second kappa shape index (κ2) is 27.6. The van der Waals surface area contributed by atoms with Gasteiger partial charge >= 0.3 is 27.8 Å². The van der Waals surface area contributed by atoms with Gasteiger partial charge in [0.05, 0.1) is 31.9 Å². The van der Waals surface area contributed by atoms with Crippen LogP contribution < -0.4 is 38.3 Å². The van der Waals surface area contributed by atoms with Gasteiger partial charge in [-0.25, -0.2) is 38.7 Å². The third kappa shape index (κ3) is 15.5. The van der Waals surface area contributed by atoms with Gasteiger partial charge in [0.2, 0.25) is 17.8 Å². The SMILES string of the molecule is C=C1C=CC(=O)N1CCCCCC(=O)NC(C(=O)C[C@@H](CCCNC(N)=O)C(=O)Nc1ccc(COC(=O)Nc2ncnc3c2ncn3[C@@H]2O[C@@H]3COP(=O)(O)OC4[C@@H](COP(=O)(O)O[C@H]2C3O)O[C@@H](n2cnc3c(=O)[nH]c(N)nc32)[C@H]4O)cc1)C(C)C. The van der Waals surface area contributed by atoms with Gasteiger partial charge in [-0.15, -0.1) is 0 Å². The van der Waals surface area contributed by atoms with Crippen LogP contribution in [0.25, 0.3) is 22.3 Å². The summed E-state index contributed by atoms with van der Waals surface area (Å²) in [5.74, 6) is -3.02. The number of amides is 6. The number of hydrogen-bond donors (Lipinski definition) is 11. The first-order valence-electron chi connectivity index (χ1n) is 27.6. The number of benzene rings is 1. The molecular weight excluding hydrogens is 1200 g/mol. The number of nitrogens with one attached hydrogen (secondary N) is 5. The lowest BCUT2D eigenvalue weighted by atomic mass is 9.89. The second-order valence-corrected chi connectivity index (χ2v) is 24.0. The average Bonchev–Trinajstić information content (AvgIpc) is 1.96. The fourth-order valence-corrected chi connectivity index (χ4v) is 12.1. The number of carbonyl (C=O) groups is 6. The fraction of sp³-hybridized carbons (Fsp3) is 0.490. The number of imidazole rings is 2. The molecule has 1 aromatic carbocycles. The maximum absolute atomic E-state index is 13.8. The number of H-pyrrole nitrogens is 1. The molecule has 0 radical (unpaired) electrons. The molecule has 37 heteroatoms. The number of Topliss-reactive ketones (excluding diaryl/α,β-unsaturated/α-hetero) is 1. The predicted octanol–water partition coefficient (Wildman–Crippen LogP) is 1.40. The Kier molecular flexibility index (Phi) is 20.3. The van der Waals surface area contributed by atoms with Crippen LogP contribution in [0, 0.1) is 11.8 Å². The first-order chi connectivity index (χ1) is 41.8. The van der Waals surface area contributed by atoms with E-state index in [1.54, 1.807) is 49.1 Å². The molecular formula is C51H65N15O20P2. The van der Waals surface area contributed by atoms with Gasteiger partial charge in [-0.2, -0.15) is 4.98 Å². The van der Waals surface area contributed by atoms with Gasteiger partial charge in [0.25, 0.3) is 11.5 Å². The molecule has 12 atom stereocenters. The van der Waals surface area contributed by atoms with Crippen LogP contribution in [0.1, 0.15) is 76.8 Å². The minimum Gasteiger partial charge on any atom is -0.444 e. The van der Waals surface area contributed by atoms with Crippen molar-refractivity contribution in [2.45, 2.75) is 121 Å². The van der Waals surface area contributed by atoms with Gasteiger partial charge in [0.1, 0.15) is 49.6 Å². The van der Waals surface area contributed by atoms with E-state index in [0.29, 0.717) is 49.2 Å². The van der Waals surface area contributed by atoms with Crippen LogP contribution in [0.15, 0.2) is 72.5 Å². The number of nitrogens with two attached hydrogens (primary N) is 2. The molecule has 0 spiro atoms. The molecule has 4 aliphatic rings. The molecule has 4 aliphatic heterocycles. The van der Waals surface area contributed by atoms with E-state index in [0.717, 1.165) is 28.1 Å². The number of nitrogen functional groups attached to an aromatic ring is 1. The van der Waals surface area contributed by atoms with Crippen molar-refractivity contribution in [3.8, 4) is 0 Å².